The highest BCUT2D eigenvalue weighted by Gasteiger charge is 2.29. The fraction of sp³-hybridized carbons (Fsp3) is 0.294. The highest BCUT2D eigenvalue weighted by atomic mass is 32.2. The van der Waals surface area contributed by atoms with Crippen molar-refractivity contribution in [3.05, 3.63) is 47.7 Å². The van der Waals surface area contributed by atoms with Gasteiger partial charge in [-0.2, -0.15) is 0 Å². The van der Waals surface area contributed by atoms with E-state index in [0.717, 1.165) is 0 Å². The number of carbonyl (C=O) groups is 2. The number of nitrogens with one attached hydrogen (secondary N) is 2. The van der Waals surface area contributed by atoms with Gasteiger partial charge in [-0.25, -0.2) is 13.2 Å². The third kappa shape index (κ3) is 4.59. The van der Waals surface area contributed by atoms with Gasteiger partial charge in [0, 0.05) is 6.04 Å². The molecule has 2 aromatic rings. The highest BCUT2D eigenvalue weighted by molar-refractivity contribution is 7.91. The van der Waals surface area contributed by atoms with Gasteiger partial charge in [0.25, 0.3) is 5.91 Å². The molecule has 27 heavy (non-hydrogen) atoms. The van der Waals surface area contributed by atoms with Crippen LogP contribution in [0.5, 0.6) is 0 Å². The maximum atomic E-state index is 12.2. The van der Waals surface area contributed by atoms with Gasteiger partial charge in [0.15, 0.2) is 21.3 Å². The molecule has 1 aliphatic heterocycles. The van der Waals surface area contributed by atoms with E-state index in [1.54, 1.807) is 30.3 Å². The Morgan fingerprint density at radius 2 is 1.93 bits per heavy atom. The number of methoxy groups -OCH3 is 1. The number of carbonyl (C=O) groups excluding carboxylic acids is 2. The fourth-order valence-corrected chi connectivity index (χ4v) is 4.38. The molecule has 1 amide bonds. The van der Waals surface area contributed by atoms with Crippen molar-refractivity contribution in [3.8, 4) is 0 Å². The molecule has 10 heteroatoms. The minimum absolute atomic E-state index is 0.0594. The number of aromatic nitrogens is 2. The number of para-hydroxylation sites is 1. The smallest absolute Gasteiger partial charge is 0.339 e. The summed E-state index contributed by atoms with van der Waals surface area (Å²) in [5.41, 5.74) is 0.907. The SMILES string of the molecule is COC(=O)c1ccccc1Nc1ccc(C(=O)NC2CCS(=O)(=O)C2)nn1. The molecule has 9 nitrogen and oxygen atoms in total. The lowest BCUT2D eigenvalue weighted by molar-refractivity contribution is 0.0601. The Labute approximate surface area is 156 Å². The van der Waals surface area contributed by atoms with Crippen molar-refractivity contribution < 1.29 is 22.7 Å². The molecule has 0 aliphatic carbocycles. The molecule has 0 bridgehead atoms. The molecule has 1 saturated heterocycles. The Balaban J connectivity index is 1.67. The topological polar surface area (TPSA) is 127 Å². The predicted octanol–water partition coefficient (Wildman–Crippen LogP) is 0.924. The minimum Gasteiger partial charge on any atom is -0.465 e. The summed E-state index contributed by atoms with van der Waals surface area (Å²) in [6.07, 6.45) is 0.394. The first kappa shape index (κ1) is 18.8. The summed E-state index contributed by atoms with van der Waals surface area (Å²) >= 11 is 0. The van der Waals surface area contributed by atoms with Crippen LogP contribution in [0.15, 0.2) is 36.4 Å². The van der Waals surface area contributed by atoms with E-state index in [1.165, 1.54) is 13.2 Å². The number of rotatable bonds is 5. The van der Waals surface area contributed by atoms with Gasteiger partial charge in [-0.1, -0.05) is 12.1 Å². The van der Waals surface area contributed by atoms with Gasteiger partial charge in [-0.15, -0.1) is 10.2 Å². The molecule has 142 valence electrons. The maximum absolute atomic E-state index is 12.2. The standard InChI is InChI=1S/C17H18N4O5S/c1-26-17(23)12-4-2-3-5-13(12)19-15-7-6-14(20-21-15)16(22)18-11-8-9-27(24,25)10-11/h2-7,11H,8-10H2,1H3,(H,18,22)(H,19,21). The highest BCUT2D eigenvalue weighted by Crippen LogP contribution is 2.20. The van der Waals surface area contributed by atoms with Crippen molar-refractivity contribution in [2.45, 2.75) is 12.5 Å². The normalized spacial score (nSPS) is 17.9. The van der Waals surface area contributed by atoms with Gasteiger partial charge in [-0.05, 0) is 30.7 Å². The van der Waals surface area contributed by atoms with Crippen molar-refractivity contribution >= 4 is 33.2 Å². The Bertz CT molecular complexity index is 960. The molecule has 2 N–H and O–H groups in total. The van der Waals surface area contributed by atoms with Crippen LogP contribution in [0.25, 0.3) is 0 Å². The second kappa shape index (κ2) is 7.70. The summed E-state index contributed by atoms with van der Waals surface area (Å²) in [7, 11) is -1.78. The van der Waals surface area contributed by atoms with Crippen molar-refractivity contribution in [2.75, 3.05) is 23.9 Å². The van der Waals surface area contributed by atoms with Crippen LogP contribution in [0, 0.1) is 0 Å². The number of hydrogen-bond donors (Lipinski definition) is 2. The van der Waals surface area contributed by atoms with Crippen LogP contribution in [-0.2, 0) is 14.6 Å². The number of benzene rings is 1. The summed E-state index contributed by atoms with van der Waals surface area (Å²) in [5, 5.41) is 13.4. The number of hydrogen-bond acceptors (Lipinski definition) is 8. The van der Waals surface area contributed by atoms with Gasteiger partial charge in [0.2, 0.25) is 0 Å². The fourth-order valence-electron chi connectivity index (χ4n) is 2.71. The number of anilines is 2. The van der Waals surface area contributed by atoms with Gasteiger partial charge in [0.1, 0.15) is 0 Å². The molecular formula is C17H18N4O5S. The van der Waals surface area contributed by atoms with Crippen molar-refractivity contribution in [2.24, 2.45) is 0 Å². The third-order valence-electron chi connectivity index (χ3n) is 4.06. The van der Waals surface area contributed by atoms with Crippen molar-refractivity contribution in [1.29, 1.82) is 0 Å². The number of ether oxygens (including phenoxy) is 1. The van der Waals surface area contributed by atoms with Crippen molar-refractivity contribution in [1.82, 2.24) is 15.5 Å². The Kier molecular flexibility index (Phi) is 5.36. The maximum Gasteiger partial charge on any atom is 0.339 e. The van der Waals surface area contributed by atoms with Gasteiger partial charge >= 0.3 is 5.97 Å². The van der Waals surface area contributed by atoms with Crippen LogP contribution in [0.4, 0.5) is 11.5 Å². The second-order valence-electron chi connectivity index (χ2n) is 6.04. The summed E-state index contributed by atoms with van der Waals surface area (Å²) in [5.74, 6) is -0.617. The first-order chi connectivity index (χ1) is 12.9. The van der Waals surface area contributed by atoms with E-state index in [4.69, 9.17) is 4.74 Å². The molecular weight excluding hydrogens is 372 g/mol. The van der Waals surface area contributed by atoms with Crippen molar-refractivity contribution in [3.63, 3.8) is 0 Å². The van der Waals surface area contributed by atoms with Crippen LogP contribution in [-0.4, -0.2) is 55.1 Å². The summed E-state index contributed by atoms with van der Waals surface area (Å²) in [4.78, 5) is 24.0. The van der Waals surface area contributed by atoms with E-state index in [9.17, 15) is 18.0 Å². The largest absolute Gasteiger partial charge is 0.465 e. The molecule has 1 aliphatic rings. The Morgan fingerprint density at radius 3 is 2.56 bits per heavy atom. The van der Waals surface area contributed by atoms with E-state index in [1.807, 2.05) is 0 Å². The molecule has 1 unspecified atom stereocenters. The van der Waals surface area contributed by atoms with Crippen LogP contribution in [0.2, 0.25) is 0 Å². The van der Waals surface area contributed by atoms with E-state index >= 15 is 0 Å². The quantitative estimate of drug-likeness (QED) is 0.722. The number of nitrogens with zero attached hydrogens (tertiary/aromatic N) is 2. The Morgan fingerprint density at radius 1 is 1.15 bits per heavy atom. The van der Waals surface area contributed by atoms with Crippen LogP contribution in [0.1, 0.15) is 27.3 Å². The minimum atomic E-state index is -3.08. The lowest BCUT2D eigenvalue weighted by atomic mass is 10.2. The molecule has 1 aromatic carbocycles. The zero-order chi connectivity index (χ0) is 19.4. The molecule has 0 saturated carbocycles. The number of esters is 1. The van der Waals surface area contributed by atoms with E-state index < -0.39 is 27.8 Å². The van der Waals surface area contributed by atoms with Gasteiger partial charge < -0.3 is 15.4 Å². The predicted molar refractivity (Wildman–Crippen MR) is 97.6 cm³/mol. The first-order valence-corrected chi connectivity index (χ1v) is 9.99. The van der Waals surface area contributed by atoms with Crippen LogP contribution in [0.3, 0.4) is 0 Å². The third-order valence-corrected chi connectivity index (χ3v) is 5.83. The molecule has 1 fully saturated rings. The van der Waals surface area contributed by atoms with Crippen LogP contribution < -0.4 is 10.6 Å². The van der Waals surface area contributed by atoms with E-state index in [0.29, 0.717) is 23.5 Å². The summed E-state index contributed by atoms with van der Waals surface area (Å²) in [6, 6.07) is 9.36. The molecule has 0 radical (unpaired) electrons. The summed E-state index contributed by atoms with van der Waals surface area (Å²) in [6.45, 7) is 0. The molecule has 1 atom stereocenters. The lowest BCUT2D eigenvalue weighted by Gasteiger charge is -2.11. The molecule has 0 spiro atoms. The van der Waals surface area contributed by atoms with Gasteiger partial charge in [-0.3, -0.25) is 4.79 Å². The van der Waals surface area contributed by atoms with E-state index in [-0.39, 0.29) is 17.2 Å². The second-order valence-corrected chi connectivity index (χ2v) is 8.27. The summed E-state index contributed by atoms with van der Waals surface area (Å²) < 4.78 is 27.6. The average Bonchev–Trinajstić information content (AvgIpc) is 3.00. The molecule has 3 rings (SSSR count). The average molecular weight is 390 g/mol. The van der Waals surface area contributed by atoms with Crippen LogP contribution >= 0.6 is 0 Å². The monoisotopic (exact) mass is 390 g/mol. The zero-order valence-electron chi connectivity index (χ0n) is 14.5. The molecule has 2 heterocycles. The van der Waals surface area contributed by atoms with Gasteiger partial charge in [0.05, 0.1) is 29.9 Å². The number of sulfone groups is 1. The zero-order valence-corrected chi connectivity index (χ0v) is 15.3. The lowest BCUT2D eigenvalue weighted by Crippen LogP contribution is -2.36. The Hall–Kier alpha value is -3.01. The number of amides is 1. The first-order valence-electron chi connectivity index (χ1n) is 8.17. The molecule has 1 aromatic heterocycles. The van der Waals surface area contributed by atoms with E-state index in [2.05, 4.69) is 20.8 Å².